The van der Waals surface area contributed by atoms with Gasteiger partial charge in [0.05, 0.1) is 11.7 Å². The Balaban J connectivity index is 2.27. The van der Waals surface area contributed by atoms with Crippen molar-refractivity contribution in [2.75, 3.05) is 13.1 Å². The molecule has 1 aromatic rings. The Morgan fingerprint density at radius 3 is 2.61 bits per heavy atom. The van der Waals surface area contributed by atoms with Gasteiger partial charge in [-0.1, -0.05) is 0 Å². The first-order valence-electron chi connectivity index (χ1n) is 5.29. The summed E-state index contributed by atoms with van der Waals surface area (Å²) in [4.78, 5) is 14.3. The van der Waals surface area contributed by atoms with Gasteiger partial charge in [0.2, 0.25) is 0 Å². The molecule has 1 atom stereocenters. The minimum atomic E-state index is -3.74. The molecule has 1 aromatic heterocycles. The van der Waals surface area contributed by atoms with E-state index in [9.17, 15) is 18.3 Å². The standard InChI is InChI=1S/C10H12N2O5S/c13-8-3-4-12(6-8)18(16,17)9-2-1-7(5-11-9)10(14)15/h1-2,5,8,13H,3-4,6H2,(H,14,15). The highest BCUT2D eigenvalue weighted by atomic mass is 32.2. The van der Waals surface area contributed by atoms with Gasteiger partial charge in [0, 0.05) is 19.3 Å². The van der Waals surface area contributed by atoms with Crippen molar-refractivity contribution in [1.29, 1.82) is 0 Å². The molecule has 1 aliphatic heterocycles. The number of aliphatic hydroxyl groups excluding tert-OH is 1. The van der Waals surface area contributed by atoms with E-state index in [1.807, 2.05) is 0 Å². The Bertz CT molecular complexity index is 554. The number of hydrogen-bond acceptors (Lipinski definition) is 5. The molecule has 1 aliphatic rings. The molecular weight excluding hydrogens is 260 g/mol. The van der Waals surface area contributed by atoms with Gasteiger partial charge in [-0.15, -0.1) is 0 Å². The maximum atomic E-state index is 12.1. The fourth-order valence-corrected chi connectivity index (χ4v) is 3.13. The Kier molecular flexibility index (Phi) is 3.33. The molecule has 1 saturated heterocycles. The summed E-state index contributed by atoms with van der Waals surface area (Å²) in [5.74, 6) is -1.16. The van der Waals surface area contributed by atoms with E-state index in [1.54, 1.807) is 0 Å². The Labute approximate surface area is 104 Å². The van der Waals surface area contributed by atoms with E-state index >= 15 is 0 Å². The first kappa shape index (κ1) is 12.9. The molecule has 0 aliphatic carbocycles. The van der Waals surface area contributed by atoms with Crippen LogP contribution in [0.4, 0.5) is 0 Å². The van der Waals surface area contributed by atoms with Gasteiger partial charge in [-0.25, -0.2) is 18.2 Å². The first-order valence-corrected chi connectivity index (χ1v) is 6.73. The van der Waals surface area contributed by atoms with Crippen LogP contribution in [0, 0.1) is 0 Å². The first-order chi connectivity index (χ1) is 8.41. The van der Waals surface area contributed by atoms with E-state index in [-0.39, 0.29) is 23.7 Å². The maximum absolute atomic E-state index is 12.1. The van der Waals surface area contributed by atoms with Gasteiger partial charge in [0.25, 0.3) is 10.0 Å². The zero-order valence-electron chi connectivity index (χ0n) is 9.35. The molecule has 0 radical (unpaired) electrons. The molecule has 18 heavy (non-hydrogen) atoms. The molecule has 7 nitrogen and oxygen atoms in total. The molecule has 1 unspecified atom stereocenters. The lowest BCUT2D eigenvalue weighted by atomic mass is 10.3. The number of carboxylic acids is 1. The number of β-amino-alcohol motifs (C(OH)–C–C–N with tert-alkyl or cyclic N) is 1. The summed E-state index contributed by atoms with van der Waals surface area (Å²) in [5, 5.41) is 17.8. The van der Waals surface area contributed by atoms with Gasteiger partial charge < -0.3 is 10.2 Å². The predicted molar refractivity (Wildman–Crippen MR) is 60.6 cm³/mol. The summed E-state index contributed by atoms with van der Waals surface area (Å²) in [5.41, 5.74) is -0.0737. The van der Waals surface area contributed by atoms with Gasteiger partial charge in [-0.3, -0.25) is 0 Å². The fourth-order valence-electron chi connectivity index (χ4n) is 1.72. The third kappa shape index (κ3) is 2.35. The van der Waals surface area contributed by atoms with Crippen LogP contribution in [0.15, 0.2) is 23.4 Å². The van der Waals surface area contributed by atoms with Crippen molar-refractivity contribution in [3.63, 3.8) is 0 Å². The van der Waals surface area contributed by atoms with E-state index in [1.165, 1.54) is 6.07 Å². The lowest BCUT2D eigenvalue weighted by Gasteiger charge is -2.14. The van der Waals surface area contributed by atoms with Crippen LogP contribution in [0.5, 0.6) is 0 Å². The zero-order valence-corrected chi connectivity index (χ0v) is 10.2. The van der Waals surface area contributed by atoms with Crippen LogP contribution in [0.2, 0.25) is 0 Å². The second kappa shape index (κ2) is 4.63. The molecule has 0 aromatic carbocycles. The number of nitrogens with zero attached hydrogens (tertiary/aromatic N) is 2. The lowest BCUT2D eigenvalue weighted by Crippen LogP contribution is -2.30. The third-order valence-electron chi connectivity index (χ3n) is 2.71. The Morgan fingerprint density at radius 1 is 1.44 bits per heavy atom. The normalized spacial score (nSPS) is 21.1. The summed E-state index contributed by atoms with van der Waals surface area (Å²) in [6.07, 6.45) is 0.742. The number of aliphatic hydroxyl groups is 1. The smallest absolute Gasteiger partial charge is 0.337 e. The second-order valence-corrected chi connectivity index (χ2v) is 5.88. The zero-order chi connectivity index (χ0) is 13.3. The van der Waals surface area contributed by atoms with Crippen LogP contribution >= 0.6 is 0 Å². The minimum Gasteiger partial charge on any atom is -0.478 e. The summed E-state index contributed by atoms with van der Waals surface area (Å²) < 4.78 is 25.3. The number of aromatic nitrogens is 1. The fraction of sp³-hybridized carbons (Fsp3) is 0.400. The topological polar surface area (TPSA) is 108 Å². The van der Waals surface area contributed by atoms with Crippen molar-refractivity contribution < 1.29 is 23.4 Å². The molecule has 2 heterocycles. The van der Waals surface area contributed by atoms with Crippen LogP contribution in [0.25, 0.3) is 0 Å². The number of carbonyl (C=O) groups is 1. The van der Waals surface area contributed by atoms with Crippen molar-refractivity contribution in [2.24, 2.45) is 0 Å². The molecule has 8 heteroatoms. The summed E-state index contributed by atoms with van der Waals surface area (Å²) in [6.45, 7) is 0.288. The second-order valence-electron chi connectivity index (χ2n) is 4.00. The molecule has 0 bridgehead atoms. The van der Waals surface area contributed by atoms with E-state index in [0.29, 0.717) is 6.42 Å². The summed E-state index contributed by atoms with van der Waals surface area (Å²) in [7, 11) is -3.74. The minimum absolute atomic E-state index is 0.0463. The van der Waals surface area contributed by atoms with Gasteiger partial charge in [0.1, 0.15) is 0 Å². The highest BCUT2D eigenvalue weighted by Gasteiger charge is 2.32. The third-order valence-corrected chi connectivity index (χ3v) is 4.50. The number of carboxylic acid groups (broad SMARTS) is 1. The van der Waals surface area contributed by atoms with Gasteiger partial charge >= 0.3 is 5.97 Å². The van der Waals surface area contributed by atoms with Crippen molar-refractivity contribution in [3.05, 3.63) is 23.9 Å². The molecule has 2 rings (SSSR count). The number of sulfonamides is 1. The largest absolute Gasteiger partial charge is 0.478 e. The monoisotopic (exact) mass is 272 g/mol. The van der Waals surface area contributed by atoms with E-state index in [0.717, 1.165) is 16.6 Å². The Morgan fingerprint density at radius 2 is 2.17 bits per heavy atom. The Hall–Kier alpha value is -1.51. The van der Waals surface area contributed by atoms with Gasteiger partial charge in [-0.2, -0.15) is 4.31 Å². The number of hydrogen-bond donors (Lipinski definition) is 2. The van der Waals surface area contributed by atoms with Crippen molar-refractivity contribution in [1.82, 2.24) is 9.29 Å². The van der Waals surface area contributed by atoms with Gasteiger partial charge in [0.15, 0.2) is 5.03 Å². The van der Waals surface area contributed by atoms with Crippen molar-refractivity contribution in [2.45, 2.75) is 17.6 Å². The SMILES string of the molecule is O=C(O)c1ccc(S(=O)(=O)N2CCC(O)C2)nc1. The van der Waals surface area contributed by atoms with Crippen molar-refractivity contribution >= 4 is 16.0 Å². The van der Waals surface area contributed by atoms with E-state index < -0.39 is 22.1 Å². The molecule has 0 spiro atoms. The average Bonchev–Trinajstić information content (AvgIpc) is 2.76. The molecule has 2 N–H and O–H groups in total. The van der Waals surface area contributed by atoms with Crippen LogP contribution in [0.3, 0.4) is 0 Å². The van der Waals surface area contributed by atoms with Crippen molar-refractivity contribution in [3.8, 4) is 0 Å². The molecule has 0 saturated carbocycles. The molecule has 98 valence electrons. The lowest BCUT2D eigenvalue weighted by molar-refractivity contribution is 0.0696. The molecular formula is C10H12N2O5S. The van der Waals surface area contributed by atoms with Crippen LogP contribution in [-0.2, 0) is 10.0 Å². The number of rotatable bonds is 3. The highest BCUT2D eigenvalue weighted by Crippen LogP contribution is 2.19. The average molecular weight is 272 g/mol. The molecule has 0 amide bonds. The van der Waals surface area contributed by atoms with Crippen LogP contribution in [-0.4, -0.2) is 53.1 Å². The summed E-state index contributed by atoms with van der Waals surface area (Å²) >= 11 is 0. The highest BCUT2D eigenvalue weighted by molar-refractivity contribution is 7.89. The quantitative estimate of drug-likeness (QED) is 0.770. The summed E-state index contributed by atoms with van der Waals surface area (Å²) in [6, 6.07) is 2.35. The van der Waals surface area contributed by atoms with E-state index in [4.69, 9.17) is 5.11 Å². The molecule has 1 fully saturated rings. The maximum Gasteiger partial charge on any atom is 0.337 e. The number of pyridine rings is 1. The number of aromatic carboxylic acids is 1. The van der Waals surface area contributed by atoms with Crippen LogP contribution < -0.4 is 0 Å². The predicted octanol–water partition coefficient (Wildman–Crippen LogP) is -0.465. The van der Waals surface area contributed by atoms with Gasteiger partial charge in [-0.05, 0) is 18.6 Å². The van der Waals surface area contributed by atoms with Crippen LogP contribution in [0.1, 0.15) is 16.8 Å². The van der Waals surface area contributed by atoms with E-state index in [2.05, 4.69) is 4.98 Å².